The SMILES string of the molecule is [2H]c1c([2H])c([2H])c(-c2cc(-c3c([2H])c(-c4c([2H])c([2H])c([2H])c([2H])c4[2H])c([2H])c(-c4c([2H])c([2H])c([2H])c([2H])c4[2H])c3[2H])c(-[n+]3[c-]n(-c4cccc(Oc5ccc6c7ccccc7n(-c7cc(C(C)(C)C)ccn7)c6c5)c4)c4cc(-c5c(C([2H])([2H])[2H])cccc5C([2H])([2H])[2H])ccc43)c(-c3c([2H])c([2H])c([2H])c([Si](c4c([2H])c([2H])c([2H])c([2H])c4[2H])(c4c([2H])c([2H])c([2H])c([2H])c4[2H])c4c([2H])c([2H])c([2H])c([2H])c4[2H])c3[2H])c2)c([2H])c1[2H]. The summed E-state index contributed by atoms with van der Waals surface area (Å²) in [7, 11) is -6.99. The van der Waals surface area contributed by atoms with E-state index >= 15 is 0 Å². The summed E-state index contributed by atoms with van der Waals surface area (Å²) in [6.07, 6.45) is 4.93. The van der Waals surface area contributed by atoms with Crippen LogP contribution in [0.3, 0.4) is 0 Å². The molecule has 0 unspecified atom stereocenters. The fourth-order valence-corrected chi connectivity index (χ4v) is 16.3. The first-order chi connectivity index (χ1) is 67.8. The molecule has 5 nitrogen and oxygen atoms in total. The molecule has 0 saturated carbocycles. The summed E-state index contributed by atoms with van der Waals surface area (Å²) in [4.78, 5) is 4.83. The van der Waals surface area contributed by atoms with Gasteiger partial charge >= 0.3 is 0 Å². The molecular weight excluding hydrogens is 1250 g/mol. The van der Waals surface area contributed by atoms with Crippen LogP contribution in [0, 0.1) is 20.0 Å². The lowest BCUT2D eigenvalue weighted by Crippen LogP contribution is -2.74. The molecular formula is C96H74N4OSi. The molecule has 3 heterocycles. The predicted octanol–water partition coefficient (Wildman–Crippen LogP) is 21.3. The molecule has 0 radical (unpaired) electrons. The number of hydrogen-bond donors (Lipinski definition) is 0. The number of para-hydroxylation sites is 1. The number of aromatic nitrogens is 4. The molecule has 0 N–H and O–H groups in total. The van der Waals surface area contributed by atoms with Gasteiger partial charge in [0.25, 0.3) is 6.33 Å². The van der Waals surface area contributed by atoms with Crippen molar-refractivity contribution >= 4 is 61.7 Å². The molecule has 6 heteroatoms. The number of hydrogen-bond acceptors (Lipinski definition) is 2. The summed E-state index contributed by atoms with van der Waals surface area (Å²) in [5, 5.41) is -3.89. The van der Waals surface area contributed by atoms with Gasteiger partial charge in [-0.05, 0) is 208 Å². The second-order valence-corrected chi connectivity index (χ2v) is 27.9. The van der Waals surface area contributed by atoms with Crippen LogP contribution < -0.4 is 30.1 Å². The van der Waals surface area contributed by atoms with Crippen molar-refractivity contribution in [3.8, 4) is 95.5 Å². The van der Waals surface area contributed by atoms with Crippen molar-refractivity contribution in [1.82, 2.24) is 14.1 Å². The third kappa shape index (κ3) is 11.5. The predicted molar refractivity (Wildman–Crippen MR) is 427 cm³/mol. The minimum absolute atomic E-state index is 0.00526. The van der Waals surface area contributed by atoms with E-state index in [0.29, 0.717) is 11.3 Å². The fourth-order valence-electron chi connectivity index (χ4n) is 12.7. The molecule has 0 spiro atoms. The van der Waals surface area contributed by atoms with E-state index in [1.165, 1.54) is 53.1 Å². The summed E-state index contributed by atoms with van der Waals surface area (Å²) in [6.45, 7) is -0.170. The molecule has 0 amide bonds. The van der Waals surface area contributed by atoms with Gasteiger partial charge in [0.1, 0.15) is 17.3 Å². The molecule has 0 fully saturated rings. The van der Waals surface area contributed by atoms with Crippen molar-refractivity contribution in [2.75, 3.05) is 0 Å². The Labute approximate surface area is 658 Å². The number of benzene rings is 14. The summed E-state index contributed by atoms with van der Waals surface area (Å²) in [5.74, 6) is 0.721. The zero-order valence-corrected chi connectivity index (χ0v) is 54.9. The van der Waals surface area contributed by atoms with Gasteiger partial charge in [-0.3, -0.25) is 13.7 Å². The van der Waals surface area contributed by atoms with Crippen molar-refractivity contribution in [2.24, 2.45) is 0 Å². The van der Waals surface area contributed by atoms with Gasteiger partial charge in [-0.1, -0.05) is 281 Å². The molecule has 0 atom stereocenters. The Bertz CT molecular complexity index is 8120. The third-order valence-corrected chi connectivity index (χ3v) is 21.3. The number of nitrogens with zero attached hydrogens (tertiary/aromatic N) is 4. The van der Waals surface area contributed by atoms with Gasteiger partial charge in [0.2, 0.25) is 0 Å². The van der Waals surface area contributed by atoms with Gasteiger partial charge in [0.05, 0.1) is 84.2 Å². The highest BCUT2D eigenvalue weighted by Crippen LogP contribution is 2.43. The van der Waals surface area contributed by atoms with Gasteiger partial charge in [-0.2, -0.15) is 0 Å². The molecule has 0 aliphatic heterocycles. The van der Waals surface area contributed by atoms with Gasteiger partial charge < -0.3 is 4.74 Å². The van der Waals surface area contributed by atoms with E-state index in [2.05, 4.69) is 6.33 Å². The number of pyridine rings is 1. The van der Waals surface area contributed by atoms with E-state index in [-0.39, 0.29) is 39.2 Å². The average molecular weight is 1370 g/mol. The van der Waals surface area contributed by atoms with Crippen LogP contribution in [0.25, 0.3) is 117 Å². The van der Waals surface area contributed by atoms with Crippen LogP contribution in [0.1, 0.15) is 96.4 Å². The lowest BCUT2D eigenvalue weighted by atomic mass is 9.88. The van der Waals surface area contributed by atoms with E-state index < -0.39 is 344 Å². The van der Waals surface area contributed by atoms with Crippen molar-refractivity contribution < 1.29 is 68.2 Å². The monoisotopic (exact) mass is 1370 g/mol. The van der Waals surface area contributed by atoms with E-state index in [9.17, 15) is 37.0 Å². The number of imidazole rings is 1. The number of fused-ring (bicyclic) bond motifs is 4. The van der Waals surface area contributed by atoms with Crippen molar-refractivity contribution in [1.29, 1.82) is 0 Å². The van der Waals surface area contributed by atoms with Gasteiger partial charge in [0.15, 0.2) is 8.07 Å². The van der Waals surface area contributed by atoms with Crippen LogP contribution in [0.4, 0.5) is 0 Å². The molecule has 0 saturated heterocycles. The van der Waals surface area contributed by atoms with Crippen LogP contribution in [-0.4, -0.2) is 22.2 Å². The Kier molecular flexibility index (Phi) is 8.20. The van der Waals surface area contributed by atoms with Crippen LogP contribution in [0.2, 0.25) is 0 Å². The van der Waals surface area contributed by atoms with Crippen LogP contribution in [0.5, 0.6) is 11.5 Å². The highest BCUT2D eigenvalue weighted by molar-refractivity contribution is 7.20. The Balaban J connectivity index is 1.14. The largest absolute Gasteiger partial charge is 0.458 e. The minimum Gasteiger partial charge on any atom is -0.458 e. The summed E-state index contributed by atoms with van der Waals surface area (Å²) in [6, 6.07) is -16.4. The number of ether oxygens (including phenoxy) is 1. The molecule has 14 aromatic carbocycles. The molecule has 102 heavy (non-hydrogen) atoms. The topological polar surface area (TPSA) is 35.9 Å². The van der Waals surface area contributed by atoms with Crippen LogP contribution >= 0.6 is 0 Å². The van der Waals surface area contributed by atoms with E-state index in [1.807, 2.05) is 67.8 Å². The van der Waals surface area contributed by atoms with Crippen LogP contribution in [0.15, 0.2) is 357 Å². The lowest BCUT2D eigenvalue weighted by Gasteiger charge is -2.34. The van der Waals surface area contributed by atoms with Crippen molar-refractivity contribution in [3.63, 3.8) is 0 Å². The maximum Gasteiger partial charge on any atom is 0.269 e. The summed E-state index contributed by atoms with van der Waals surface area (Å²) >= 11 is 0. The van der Waals surface area contributed by atoms with E-state index in [0.717, 1.165) is 50.7 Å². The standard InChI is InChI=1S/C96H74N4OSi/c1-66-29-26-30-67(2)94(66)72-49-52-90-92(61-72)98(78-38-28-39-79(63-78)101-80-50-51-86-85-47-24-25-48-89(85)100(91(86)64-80)93-62-77(53-54-97-93)96(3,4)5)65-99(90)95-87(71-37-27-46-84(58-71)102(81-40-18-9-19-41-81,82-42-20-10-21-43-82)83-44-22-11-23-45-83)59-75(70-35-16-8-17-36-70)60-88(95)76-56-73(68-31-12-6-13-32-68)55-74(57-76)69-33-14-7-15-34-69/h6-64H,1-5H3/i1D3,2D3,6D,7D,8D,9D,10D,11D,12D,13D,14D,15D,16D,17D,18D,19D,20D,21D,22D,23D,27D,31D,32D,33D,34D,35D,36D,37D,40D,41D,42D,43D,44D,45D,46D,55D,56D,57D,58D. The van der Waals surface area contributed by atoms with Crippen molar-refractivity contribution in [3.05, 3.63) is 380 Å². The maximum atomic E-state index is 11.6. The molecule has 3 aromatic heterocycles. The van der Waals surface area contributed by atoms with E-state index in [1.54, 1.807) is 18.3 Å². The Morgan fingerprint density at radius 1 is 0.422 bits per heavy atom. The van der Waals surface area contributed by atoms with Crippen molar-refractivity contribution in [2.45, 2.75) is 39.9 Å². The summed E-state index contributed by atoms with van der Waals surface area (Å²) < 4.78 is 425. The lowest BCUT2D eigenvalue weighted by molar-refractivity contribution is -0.571. The molecule has 17 aromatic rings. The first-order valence-corrected chi connectivity index (χ1v) is 33.6. The number of rotatable bonds is 15. The third-order valence-electron chi connectivity index (χ3n) is 17.3. The normalized spacial score (nSPS) is 18.0. The molecule has 0 bridgehead atoms. The highest BCUT2D eigenvalue weighted by atomic mass is 28.3. The quantitative estimate of drug-likeness (QED) is 0.0444. The Morgan fingerprint density at radius 2 is 0.961 bits per heavy atom. The zero-order chi connectivity index (χ0) is 106. The van der Waals surface area contributed by atoms with Gasteiger partial charge in [-0.25, -0.2) is 4.98 Å². The smallest absolute Gasteiger partial charge is 0.269 e. The van der Waals surface area contributed by atoms with E-state index in [4.69, 9.17) is 31.7 Å². The summed E-state index contributed by atoms with van der Waals surface area (Å²) in [5.41, 5.74) is -12.0. The zero-order valence-electron chi connectivity index (χ0n) is 96.9. The Hall–Kier alpha value is -12.5. The Morgan fingerprint density at radius 3 is 1.58 bits per heavy atom. The maximum absolute atomic E-state index is 11.6. The second kappa shape index (κ2) is 26.3. The second-order valence-electron chi connectivity index (χ2n) is 24.4. The van der Waals surface area contributed by atoms with Crippen LogP contribution in [-0.2, 0) is 5.41 Å². The number of aryl methyl sites for hydroxylation is 2. The molecule has 0 aliphatic carbocycles. The van der Waals surface area contributed by atoms with Gasteiger partial charge in [0, 0.05) is 31.3 Å². The first kappa shape index (κ1) is 31.8. The molecule has 17 rings (SSSR count). The molecule has 0 aliphatic rings. The minimum atomic E-state index is -6.99. The first-order valence-electron chi connectivity index (χ1n) is 53.1. The average Bonchev–Trinajstić information content (AvgIpc) is 1.54. The van der Waals surface area contributed by atoms with Gasteiger partial charge in [-0.15, -0.1) is 0 Å². The molecule has 488 valence electrons. The fraction of sp³-hybridized carbons (Fsp3) is 0.0625. The highest BCUT2D eigenvalue weighted by Gasteiger charge is 2.42.